The van der Waals surface area contributed by atoms with Crippen LogP contribution in [0, 0.1) is 0 Å². The summed E-state index contributed by atoms with van der Waals surface area (Å²) in [6.45, 7) is 11.4. The fourth-order valence-electron chi connectivity index (χ4n) is 5.31. The van der Waals surface area contributed by atoms with Crippen molar-refractivity contribution in [2.75, 3.05) is 55.6 Å². The van der Waals surface area contributed by atoms with Gasteiger partial charge in [-0.25, -0.2) is 4.79 Å². The molecular weight excluding hydrogens is 522 g/mol. The molecule has 1 saturated heterocycles. The summed E-state index contributed by atoms with van der Waals surface area (Å²) in [7, 11) is 0. The number of hydrogen-bond donors (Lipinski definition) is 0. The molecule has 1 fully saturated rings. The molecule has 202 valence electrons. The average molecular weight is 556 g/mol. The largest absolute Gasteiger partial charge is 0.425 e. The van der Waals surface area contributed by atoms with Crippen molar-refractivity contribution in [1.82, 2.24) is 14.2 Å². The lowest BCUT2D eigenvalue weighted by Crippen LogP contribution is -2.47. The molecule has 10 heteroatoms. The van der Waals surface area contributed by atoms with Crippen LogP contribution in [0.15, 0.2) is 36.4 Å². The molecule has 0 aliphatic carbocycles. The van der Waals surface area contributed by atoms with E-state index in [1.165, 1.54) is 10.1 Å². The minimum absolute atomic E-state index is 0.0845. The van der Waals surface area contributed by atoms with Crippen molar-refractivity contribution >= 4 is 56.7 Å². The average Bonchev–Trinajstić information content (AvgIpc) is 3.48. The minimum atomic E-state index is -0.704. The minimum Gasteiger partial charge on any atom is -0.425 e. The van der Waals surface area contributed by atoms with Crippen LogP contribution >= 0.6 is 23.1 Å². The molecule has 0 bridgehead atoms. The summed E-state index contributed by atoms with van der Waals surface area (Å²) in [6.07, 6.45) is -0.0289. The summed E-state index contributed by atoms with van der Waals surface area (Å²) in [5.74, 6) is 1.01. The van der Waals surface area contributed by atoms with Gasteiger partial charge in [-0.15, -0.1) is 0 Å². The Bertz CT molecular complexity index is 1320. The molecule has 2 aliphatic rings. The second kappa shape index (κ2) is 11.5. The molecule has 0 N–H and O–H groups in total. The van der Waals surface area contributed by atoms with Crippen molar-refractivity contribution in [3.05, 3.63) is 52.5 Å². The second-order valence-electron chi connectivity index (χ2n) is 9.75. The molecule has 1 unspecified atom stereocenters. The molecule has 3 heterocycles. The number of rotatable bonds is 8. The van der Waals surface area contributed by atoms with E-state index in [2.05, 4.69) is 34.1 Å². The Morgan fingerprint density at radius 1 is 1.16 bits per heavy atom. The van der Waals surface area contributed by atoms with Crippen molar-refractivity contribution in [2.24, 2.45) is 0 Å². The van der Waals surface area contributed by atoms with Gasteiger partial charge in [-0.3, -0.25) is 14.6 Å². The maximum Gasteiger partial charge on any atom is 0.411 e. The van der Waals surface area contributed by atoms with Gasteiger partial charge >= 0.3 is 6.09 Å². The highest BCUT2D eigenvalue weighted by atomic mass is 35.5. The predicted octanol–water partition coefficient (Wildman–Crippen LogP) is 5.03. The van der Waals surface area contributed by atoms with E-state index < -0.39 is 12.3 Å². The van der Waals surface area contributed by atoms with Gasteiger partial charge in [-0.05, 0) is 68.1 Å². The van der Waals surface area contributed by atoms with Crippen molar-refractivity contribution in [3.63, 3.8) is 0 Å². The zero-order valence-electron chi connectivity index (χ0n) is 22.2. The molecule has 2 aliphatic heterocycles. The SMILES string of the molecule is CCN(CC)C(=O)OC(C)N1C(=O)Cc2cc(CCN3CCN(c4nsc5ccccc45)CC3)c(Cl)cc21. The van der Waals surface area contributed by atoms with Gasteiger partial charge in [0.15, 0.2) is 6.23 Å². The zero-order valence-corrected chi connectivity index (χ0v) is 23.7. The van der Waals surface area contributed by atoms with E-state index in [0.717, 1.165) is 61.8 Å². The number of fused-ring (bicyclic) bond motifs is 2. The Hall–Kier alpha value is -2.88. The molecule has 38 heavy (non-hydrogen) atoms. The van der Waals surface area contributed by atoms with Crippen LogP contribution in [-0.4, -0.2) is 78.2 Å². The van der Waals surface area contributed by atoms with Crippen LogP contribution in [0.2, 0.25) is 5.02 Å². The number of nitrogens with zero attached hydrogens (tertiary/aromatic N) is 5. The van der Waals surface area contributed by atoms with Gasteiger partial charge in [0.25, 0.3) is 0 Å². The Labute approximate surface area is 232 Å². The fourth-order valence-corrected chi connectivity index (χ4v) is 6.36. The second-order valence-corrected chi connectivity index (χ2v) is 11.0. The van der Waals surface area contributed by atoms with E-state index >= 15 is 0 Å². The molecule has 0 radical (unpaired) electrons. The van der Waals surface area contributed by atoms with E-state index in [4.69, 9.17) is 20.7 Å². The molecule has 0 saturated carbocycles. The predicted molar refractivity (Wildman–Crippen MR) is 153 cm³/mol. The van der Waals surface area contributed by atoms with Crippen LogP contribution in [0.5, 0.6) is 0 Å². The van der Waals surface area contributed by atoms with Crippen LogP contribution in [0.1, 0.15) is 31.9 Å². The number of carbonyl (C=O) groups excluding carboxylic acids is 2. The summed E-state index contributed by atoms with van der Waals surface area (Å²) in [5, 5.41) is 1.87. The van der Waals surface area contributed by atoms with Gasteiger partial charge in [0.2, 0.25) is 5.91 Å². The molecule has 2 aromatic carbocycles. The smallest absolute Gasteiger partial charge is 0.411 e. The van der Waals surface area contributed by atoms with Crippen molar-refractivity contribution in [2.45, 2.75) is 39.8 Å². The topological polar surface area (TPSA) is 69.2 Å². The van der Waals surface area contributed by atoms with Gasteiger partial charge < -0.3 is 14.5 Å². The number of amides is 2. The zero-order chi connectivity index (χ0) is 26.8. The number of carbonyl (C=O) groups is 2. The summed E-state index contributed by atoms with van der Waals surface area (Å²) in [5.41, 5.74) is 2.70. The Kier molecular flexibility index (Phi) is 8.07. The number of aromatic nitrogens is 1. The Morgan fingerprint density at radius 2 is 1.89 bits per heavy atom. The molecule has 2 amide bonds. The molecular formula is C28H34ClN5O3S. The number of hydrogen-bond acceptors (Lipinski definition) is 7. The molecule has 5 rings (SSSR count). The van der Waals surface area contributed by atoms with Gasteiger partial charge in [0.1, 0.15) is 5.82 Å². The maximum atomic E-state index is 12.9. The first-order chi connectivity index (χ1) is 18.4. The van der Waals surface area contributed by atoms with Crippen molar-refractivity contribution in [3.8, 4) is 0 Å². The van der Waals surface area contributed by atoms with E-state index in [9.17, 15) is 9.59 Å². The first kappa shape index (κ1) is 26.7. The molecule has 8 nitrogen and oxygen atoms in total. The van der Waals surface area contributed by atoms with Gasteiger partial charge in [0, 0.05) is 56.2 Å². The van der Waals surface area contributed by atoms with E-state index in [-0.39, 0.29) is 12.3 Å². The maximum absolute atomic E-state index is 12.9. The first-order valence-corrected chi connectivity index (χ1v) is 14.4. The van der Waals surface area contributed by atoms with Gasteiger partial charge in [0.05, 0.1) is 16.8 Å². The van der Waals surface area contributed by atoms with Crippen molar-refractivity contribution in [1.29, 1.82) is 0 Å². The fraction of sp³-hybridized carbons (Fsp3) is 0.464. The highest BCUT2D eigenvalue weighted by Crippen LogP contribution is 2.36. The van der Waals surface area contributed by atoms with Gasteiger partial charge in [-0.1, -0.05) is 29.8 Å². The number of halogens is 1. The van der Waals surface area contributed by atoms with Crippen LogP contribution < -0.4 is 9.80 Å². The van der Waals surface area contributed by atoms with Crippen LogP contribution in [-0.2, 0) is 22.4 Å². The molecule has 3 aromatic rings. The number of piperazine rings is 1. The molecule has 1 atom stereocenters. The lowest BCUT2D eigenvalue weighted by molar-refractivity contribution is -0.119. The summed E-state index contributed by atoms with van der Waals surface area (Å²) < 4.78 is 11.5. The third-order valence-corrected chi connectivity index (χ3v) is 8.67. The normalized spacial score (nSPS) is 16.7. The molecule has 1 aromatic heterocycles. The Morgan fingerprint density at radius 3 is 2.63 bits per heavy atom. The third-order valence-electron chi connectivity index (χ3n) is 7.50. The number of benzene rings is 2. The highest BCUT2D eigenvalue weighted by Gasteiger charge is 2.34. The van der Waals surface area contributed by atoms with Crippen LogP contribution in [0.25, 0.3) is 10.1 Å². The summed E-state index contributed by atoms with van der Waals surface area (Å²) >= 11 is 8.26. The van der Waals surface area contributed by atoms with Crippen molar-refractivity contribution < 1.29 is 14.3 Å². The van der Waals surface area contributed by atoms with Gasteiger partial charge in [-0.2, -0.15) is 4.37 Å². The standard InChI is InChI=1S/C28H34ClN5O3S/c1-4-32(5-2)28(36)37-19(3)34-24-18-23(29)20(16-21(24)17-26(34)35)10-11-31-12-14-33(15-13-31)27-22-8-6-7-9-25(22)38-30-27/h6-9,16,18-19H,4-5,10-15,17H2,1-3H3. The van der Waals surface area contributed by atoms with Crippen LogP contribution in [0.4, 0.5) is 16.3 Å². The Balaban J connectivity index is 1.19. The third kappa shape index (κ3) is 5.32. The monoisotopic (exact) mass is 555 g/mol. The lowest BCUT2D eigenvalue weighted by Gasteiger charge is -2.35. The number of ether oxygens (including phenoxy) is 1. The number of anilines is 2. The highest BCUT2D eigenvalue weighted by molar-refractivity contribution is 7.13. The quantitative estimate of drug-likeness (QED) is 0.388. The first-order valence-electron chi connectivity index (χ1n) is 13.3. The van der Waals surface area contributed by atoms with E-state index in [1.807, 2.05) is 26.0 Å². The molecule has 0 spiro atoms. The lowest BCUT2D eigenvalue weighted by atomic mass is 10.1. The van der Waals surface area contributed by atoms with E-state index in [1.54, 1.807) is 28.3 Å². The summed E-state index contributed by atoms with van der Waals surface area (Å²) in [6, 6.07) is 12.3. The summed E-state index contributed by atoms with van der Waals surface area (Å²) in [4.78, 5) is 33.3. The van der Waals surface area contributed by atoms with E-state index in [0.29, 0.717) is 18.1 Å². The van der Waals surface area contributed by atoms with Crippen LogP contribution in [0.3, 0.4) is 0 Å².